The van der Waals surface area contributed by atoms with Gasteiger partial charge < -0.3 is 24.8 Å². The molecule has 2 amide bonds. The summed E-state index contributed by atoms with van der Waals surface area (Å²) >= 11 is 1.39. The third-order valence-electron chi connectivity index (χ3n) is 6.43. The third kappa shape index (κ3) is 4.06. The molecule has 2 unspecified atom stereocenters. The van der Waals surface area contributed by atoms with E-state index in [1.54, 1.807) is 0 Å². The number of carbonyl (C=O) groups excluding carboxylic acids is 2. The highest BCUT2D eigenvalue weighted by Gasteiger charge is 2.43. The number of fused-ring (bicyclic) bond motifs is 3. The molecule has 1 aliphatic carbocycles. The van der Waals surface area contributed by atoms with Crippen LogP contribution in [-0.2, 0) is 19.1 Å². The Hall–Kier alpha value is -3.04. The number of rotatable bonds is 5. The van der Waals surface area contributed by atoms with Crippen molar-refractivity contribution in [2.24, 2.45) is 0 Å². The average Bonchev–Trinajstić information content (AvgIpc) is 3.55. The van der Waals surface area contributed by atoms with Gasteiger partial charge in [0.2, 0.25) is 0 Å². The number of nitrogens with one attached hydrogen (secondary N) is 1. The standard InChI is InChI=1S/C24H24N2O6S/c27-22(26-13-33-12-20(26)23(28)29)21-19(9-10-31-21)25-24(30)32-11-18-16-7-3-1-5-14(16)15-6-2-4-8-17(15)18/h1-8,18-21H,9-13H2,(H,25,30)(H,28,29)/t19?,20-,21?/m0/s1. The van der Waals surface area contributed by atoms with Gasteiger partial charge in [-0.1, -0.05) is 48.5 Å². The van der Waals surface area contributed by atoms with Gasteiger partial charge >= 0.3 is 12.1 Å². The van der Waals surface area contributed by atoms with Gasteiger partial charge in [-0.25, -0.2) is 9.59 Å². The smallest absolute Gasteiger partial charge is 0.407 e. The first-order valence-electron chi connectivity index (χ1n) is 10.9. The lowest BCUT2D eigenvalue weighted by molar-refractivity contribution is -0.152. The maximum atomic E-state index is 12.9. The molecule has 0 bridgehead atoms. The molecule has 3 atom stereocenters. The number of amides is 2. The van der Waals surface area contributed by atoms with Crippen LogP contribution in [0.3, 0.4) is 0 Å². The van der Waals surface area contributed by atoms with E-state index in [9.17, 15) is 19.5 Å². The van der Waals surface area contributed by atoms with Crippen LogP contribution in [0.1, 0.15) is 23.5 Å². The average molecular weight is 469 g/mol. The highest BCUT2D eigenvalue weighted by Crippen LogP contribution is 2.44. The van der Waals surface area contributed by atoms with Crippen molar-refractivity contribution < 1.29 is 29.0 Å². The number of hydrogen-bond donors (Lipinski definition) is 2. The number of aliphatic carboxylic acids is 1. The molecule has 2 saturated heterocycles. The molecule has 0 spiro atoms. The second-order valence-electron chi connectivity index (χ2n) is 8.32. The molecule has 2 fully saturated rings. The minimum Gasteiger partial charge on any atom is -0.480 e. The van der Waals surface area contributed by atoms with Gasteiger partial charge in [0.05, 0.1) is 11.9 Å². The zero-order valence-corrected chi connectivity index (χ0v) is 18.6. The van der Waals surface area contributed by atoms with Crippen molar-refractivity contribution in [1.29, 1.82) is 0 Å². The number of carboxylic acids is 1. The molecule has 2 aromatic rings. The fraction of sp³-hybridized carbons (Fsp3) is 0.375. The number of thioether (sulfide) groups is 1. The van der Waals surface area contributed by atoms with Gasteiger partial charge in [-0.3, -0.25) is 4.79 Å². The molecule has 2 aliphatic heterocycles. The van der Waals surface area contributed by atoms with Crippen LogP contribution >= 0.6 is 11.8 Å². The van der Waals surface area contributed by atoms with Gasteiger partial charge in [0.25, 0.3) is 5.91 Å². The van der Waals surface area contributed by atoms with E-state index in [0.717, 1.165) is 22.3 Å². The molecular formula is C24H24N2O6S. The first-order valence-corrected chi connectivity index (χ1v) is 12.0. The summed E-state index contributed by atoms with van der Waals surface area (Å²) in [5.41, 5.74) is 4.53. The SMILES string of the molecule is O=C(NC1CCOC1C(=O)N1CSC[C@H]1C(=O)O)OCC1c2ccccc2-c2ccccc21. The van der Waals surface area contributed by atoms with Crippen LogP contribution in [0.4, 0.5) is 4.79 Å². The van der Waals surface area contributed by atoms with Gasteiger partial charge in [-0.05, 0) is 28.7 Å². The quantitative estimate of drug-likeness (QED) is 0.695. The molecule has 0 radical (unpaired) electrons. The Morgan fingerprint density at radius 2 is 1.76 bits per heavy atom. The minimum atomic E-state index is -1.03. The maximum Gasteiger partial charge on any atom is 0.407 e. The first kappa shape index (κ1) is 21.8. The molecule has 0 saturated carbocycles. The van der Waals surface area contributed by atoms with Crippen LogP contribution in [0.15, 0.2) is 48.5 Å². The highest BCUT2D eigenvalue weighted by molar-refractivity contribution is 7.99. The summed E-state index contributed by atoms with van der Waals surface area (Å²) in [5, 5.41) is 12.1. The largest absolute Gasteiger partial charge is 0.480 e. The van der Waals surface area contributed by atoms with E-state index < -0.39 is 36.2 Å². The van der Waals surface area contributed by atoms with E-state index in [1.807, 2.05) is 36.4 Å². The molecule has 2 aromatic carbocycles. The molecule has 5 rings (SSSR count). The van der Waals surface area contributed by atoms with Crippen molar-refractivity contribution in [2.75, 3.05) is 24.8 Å². The summed E-state index contributed by atoms with van der Waals surface area (Å²) in [6.45, 7) is 0.485. The predicted molar refractivity (Wildman–Crippen MR) is 122 cm³/mol. The Kier molecular flexibility index (Phi) is 5.99. The van der Waals surface area contributed by atoms with Crippen LogP contribution in [0.25, 0.3) is 11.1 Å². The van der Waals surface area contributed by atoms with Gasteiger partial charge in [0.1, 0.15) is 12.6 Å². The number of alkyl carbamates (subject to hydrolysis) is 1. The van der Waals surface area contributed by atoms with Gasteiger partial charge in [0.15, 0.2) is 6.10 Å². The van der Waals surface area contributed by atoms with Gasteiger partial charge in [-0.15, -0.1) is 11.8 Å². The van der Waals surface area contributed by atoms with E-state index in [4.69, 9.17) is 9.47 Å². The minimum absolute atomic E-state index is 0.0571. The molecule has 2 N–H and O–H groups in total. The molecule has 2 heterocycles. The number of ether oxygens (including phenoxy) is 2. The van der Waals surface area contributed by atoms with Crippen LogP contribution in [0.2, 0.25) is 0 Å². The Bertz CT molecular complexity index is 1050. The molecule has 8 nitrogen and oxygen atoms in total. The summed E-state index contributed by atoms with van der Waals surface area (Å²) in [6.07, 6.45) is -1.07. The van der Waals surface area contributed by atoms with E-state index in [1.165, 1.54) is 16.7 Å². The van der Waals surface area contributed by atoms with Crippen molar-refractivity contribution in [3.63, 3.8) is 0 Å². The number of benzene rings is 2. The summed E-state index contributed by atoms with van der Waals surface area (Å²) in [5.74, 6) is -0.856. The van der Waals surface area contributed by atoms with Crippen LogP contribution in [-0.4, -0.2) is 71.0 Å². The number of carbonyl (C=O) groups is 3. The lowest BCUT2D eigenvalue weighted by atomic mass is 9.98. The highest BCUT2D eigenvalue weighted by atomic mass is 32.2. The van der Waals surface area contributed by atoms with Crippen molar-refractivity contribution in [1.82, 2.24) is 10.2 Å². The van der Waals surface area contributed by atoms with Gasteiger partial charge in [-0.2, -0.15) is 0 Å². The predicted octanol–water partition coefficient (Wildman–Crippen LogP) is 2.67. The molecule has 172 valence electrons. The van der Waals surface area contributed by atoms with E-state index in [0.29, 0.717) is 24.7 Å². The normalized spacial score (nSPS) is 23.8. The van der Waals surface area contributed by atoms with E-state index in [2.05, 4.69) is 17.4 Å². The lowest BCUT2D eigenvalue weighted by Crippen LogP contribution is -2.52. The van der Waals surface area contributed by atoms with Crippen molar-refractivity contribution in [3.8, 4) is 11.1 Å². The Morgan fingerprint density at radius 1 is 1.09 bits per heavy atom. The number of carboxylic acid groups (broad SMARTS) is 1. The fourth-order valence-electron chi connectivity index (χ4n) is 4.80. The molecular weight excluding hydrogens is 444 g/mol. The Morgan fingerprint density at radius 3 is 2.42 bits per heavy atom. The summed E-state index contributed by atoms with van der Waals surface area (Å²) < 4.78 is 11.2. The monoisotopic (exact) mass is 468 g/mol. The fourth-order valence-corrected chi connectivity index (χ4v) is 5.96. The number of nitrogens with zero attached hydrogens (tertiary/aromatic N) is 1. The van der Waals surface area contributed by atoms with Crippen molar-refractivity contribution in [2.45, 2.75) is 30.5 Å². The van der Waals surface area contributed by atoms with Crippen molar-refractivity contribution >= 4 is 29.7 Å². The second-order valence-corrected chi connectivity index (χ2v) is 9.32. The van der Waals surface area contributed by atoms with E-state index >= 15 is 0 Å². The molecule has 9 heteroatoms. The second kappa shape index (κ2) is 9.07. The Labute approximate surface area is 195 Å². The van der Waals surface area contributed by atoms with Gasteiger partial charge in [0, 0.05) is 18.3 Å². The summed E-state index contributed by atoms with van der Waals surface area (Å²) in [7, 11) is 0. The van der Waals surface area contributed by atoms with Crippen LogP contribution < -0.4 is 5.32 Å². The molecule has 33 heavy (non-hydrogen) atoms. The number of hydrogen-bond acceptors (Lipinski definition) is 6. The zero-order chi connectivity index (χ0) is 22.9. The third-order valence-corrected chi connectivity index (χ3v) is 7.44. The summed E-state index contributed by atoms with van der Waals surface area (Å²) in [4.78, 5) is 38.3. The maximum absolute atomic E-state index is 12.9. The first-order chi connectivity index (χ1) is 16.0. The summed E-state index contributed by atoms with van der Waals surface area (Å²) in [6, 6.07) is 14.8. The van der Waals surface area contributed by atoms with Crippen molar-refractivity contribution in [3.05, 3.63) is 59.7 Å². The lowest BCUT2D eigenvalue weighted by Gasteiger charge is -2.26. The Balaban J connectivity index is 1.23. The van der Waals surface area contributed by atoms with Crippen LogP contribution in [0, 0.1) is 0 Å². The van der Waals surface area contributed by atoms with Crippen LogP contribution in [0.5, 0.6) is 0 Å². The topological polar surface area (TPSA) is 105 Å². The molecule has 0 aromatic heterocycles. The van der Waals surface area contributed by atoms with E-state index in [-0.39, 0.29) is 12.5 Å². The molecule has 3 aliphatic rings. The zero-order valence-electron chi connectivity index (χ0n) is 17.8.